The minimum Gasteiger partial charge on any atom is -0.312 e. The van der Waals surface area contributed by atoms with Gasteiger partial charge in [0, 0.05) is 12.1 Å². The minimum atomic E-state index is -0.0306. The molecule has 0 aliphatic rings. The van der Waals surface area contributed by atoms with E-state index in [1.165, 1.54) is 4.68 Å². The van der Waals surface area contributed by atoms with Gasteiger partial charge in [0.15, 0.2) is 0 Å². The fraction of sp³-hybridized carbons (Fsp3) is 0.636. The van der Waals surface area contributed by atoms with Gasteiger partial charge in [0.25, 0.3) is 5.56 Å². The number of aryl methyl sites for hydroxylation is 1. The number of rotatable bonds is 5. The van der Waals surface area contributed by atoms with E-state index in [1.54, 1.807) is 12.1 Å². The first-order valence-corrected chi connectivity index (χ1v) is 5.45. The van der Waals surface area contributed by atoms with E-state index in [9.17, 15) is 4.79 Å². The van der Waals surface area contributed by atoms with Crippen molar-refractivity contribution in [3.05, 3.63) is 28.2 Å². The maximum atomic E-state index is 11.5. The summed E-state index contributed by atoms with van der Waals surface area (Å²) in [7, 11) is 0. The zero-order valence-corrected chi connectivity index (χ0v) is 9.66. The first kappa shape index (κ1) is 11.9. The van der Waals surface area contributed by atoms with Crippen molar-refractivity contribution in [2.75, 3.05) is 6.54 Å². The van der Waals surface area contributed by atoms with Crippen molar-refractivity contribution < 1.29 is 0 Å². The normalized spacial score (nSPS) is 12.7. The molecule has 0 aliphatic carbocycles. The van der Waals surface area contributed by atoms with Crippen LogP contribution in [0, 0.1) is 6.92 Å². The van der Waals surface area contributed by atoms with Crippen LogP contribution in [0.15, 0.2) is 16.9 Å². The molecule has 0 aliphatic heterocycles. The molecule has 0 radical (unpaired) electrons. The summed E-state index contributed by atoms with van der Waals surface area (Å²) in [5, 5.41) is 7.53. The molecule has 1 rings (SSSR count). The molecule has 0 fully saturated rings. The third kappa shape index (κ3) is 3.47. The van der Waals surface area contributed by atoms with E-state index in [0.29, 0.717) is 12.6 Å². The summed E-state index contributed by atoms with van der Waals surface area (Å²) in [6.45, 7) is 7.62. The predicted octanol–water partition coefficient (Wildman–Crippen LogP) is 0.940. The third-order valence-corrected chi connectivity index (χ3v) is 2.38. The predicted molar refractivity (Wildman–Crippen MR) is 61.0 cm³/mol. The summed E-state index contributed by atoms with van der Waals surface area (Å²) in [6, 6.07) is 3.63. The van der Waals surface area contributed by atoms with Gasteiger partial charge in [0.1, 0.15) is 0 Å². The van der Waals surface area contributed by atoms with Crippen LogP contribution in [0.3, 0.4) is 0 Å². The molecule has 0 bridgehead atoms. The van der Waals surface area contributed by atoms with Gasteiger partial charge in [-0.2, -0.15) is 5.10 Å². The van der Waals surface area contributed by atoms with Crippen LogP contribution in [0.1, 0.15) is 26.0 Å². The monoisotopic (exact) mass is 209 g/mol. The van der Waals surface area contributed by atoms with Crippen LogP contribution >= 0.6 is 0 Å². The second-order valence-corrected chi connectivity index (χ2v) is 3.66. The molecule has 0 saturated heterocycles. The Kier molecular flexibility index (Phi) is 4.49. The maximum Gasteiger partial charge on any atom is 0.266 e. The smallest absolute Gasteiger partial charge is 0.266 e. The number of likely N-dealkylation sites (N-methyl/N-ethyl adjacent to an activating group) is 1. The summed E-state index contributed by atoms with van der Waals surface area (Å²) >= 11 is 0. The Morgan fingerprint density at radius 3 is 2.80 bits per heavy atom. The standard InChI is InChI=1S/C11H19N3O/c1-4-10(12-5-2)8-14-11(15)7-6-9(3)13-14/h6-7,10,12H,4-5,8H2,1-3H3. The van der Waals surface area contributed by atoms with Crippen molar-refractivity contribution in [3.63, 3.8) is 0 Å². The molecule has 15 heavy (non-hydrogen) atoms. The summed E-state index contributed by atoms with van der Waals surface area (Å²) in [5.41, 5.74) is 0.845. The zero-order chi connectivity index (χ0) is 11.3. The molecule has 1 unspecified atom stereocenters. The molecule has 4 nitrogen and oxygen atoms in total. The lowest BCUT2D eigenvalue weighted by Crippen LogP contribution is -2.37. The molecule has 0 amide bonds. The highest BCUT2D eigenvalue weighted by molar-refractivity contribution is 4.97. The van der Waals surface area contributed by atoms with Crippen LogP contribution in [0.25, 0.3) is 0 Å². The fourth-order valence-corrected chi connectivity index (χ4v) is 1.52. The molecule has 1 aromatic rings. The highest BCUT2D eigenvalue weighted by atomic mass is 16.1. The van der Waals surface area contributed by atoms with Crippen LogP contribution in [-0.4, -0.2) is 22.4 Å². The summed E-state index contributed by atoms with van der Waals surface area (Å²) in [5.74, 6) is 0. The van der Waals surface area contributed by atoms with E-state index in [2.05, 4.69) is 24.3 Å². The molecular formula is C11H19N3O. The number of nitrogens with one attached hydrogen (secondary N) is 1. The van der Waals surface area contributed by atoms with Crippen molar-refractivity contribution in [2.45, 2.75) is 39.8 Å². The molecule has 1 heterocycles. The van der Waals surface area contributed by atoms with Gasteiger partial charge < -0.3 is 5.32 Å². The van der Waals surface area contributed by atoms with E-state index in [0.717, 1.165) is 18.7 Å². The van der Waals surface area contributed by atoms with E-state index < -0.39 is 0 Å². The third-order valence-electron chi connectivity index (χ3n) is 2.38. The van der Waals surface area contributed by atoms with Crippen LogP contribution < -0.4 is 10.9 Å². The Balaban J connectivity index is 2.78. The molecule has 1 atom stereocenters. The Morgan fingerprint density at radius 2 is 2.20 bits per heavy atom. The van der Waals surface area contributed by atoms with Gasteiger partial charge >= 0.3 is 0 Å². The first-order chi connectivity index (χ1) is 7.17. The van der Waals surface area contributed by atoms with Crippen molar-refractivity contribution in [3.8, 4) is 0 Å². The summed E-state index contributed by atoms with van der Waals surface area (Å²) in [4.78, 5) is 11.5. The largest absolute Gasteiger partial charge is 0.312 e. The maximum absolute atomic E-state index is 11.5. The molecule has 84 valence electrons. The van der Waals surface area contributed by atoms with Gasteiger partial charge in [-0.15, -0.1) is 0 Å². The molecular weight excluding hydrogens is 190 g/mol. The molecule has 0 aromatic carbocycles. The first-order valence-electron chi connectivity index (χ1n) is 5.45. The molecule has 0 spiro atoms. The van der Waals surface area contributed by atoms with Gasteiger partial charge in [0.2, 0.25) is 0 Å². The number of nitrogens with zero attached hydrogens (tertiary/aromatic N) is 2. The lowest BCUT2D eigenvalue weighted by molar-refractivity contribution is 0.411. The number of hydrogen-bond donors (Lipinski definition) is 1. The number of hydrogen-bond acceptors (Lipinski definition) is 3. The quantitative estimate of drug-likeness (QED) is 0.785. The van der Waals surface area contributed by atoms with Crippen LogP contribution in [-0.2, 0) is 6.54 Å². The highest BCUT2D eigenvalue weighted by Gasteiger charge is 2.07. The fourth-order valence-electron chi connectivity index (χ4n) is 1.52. The zero-order valence-electron chi connectivity index (χ0n) is 9.66. The van der Waals surface area contributed by atoms with Gasteiger partial charge in [-0.25, -0.2) is 4.68 Å². The summed E-state index contributed by atoms with van der Waals surface area (Å²) < 4.78 is 1.53. The number of aromatic nitrogens is 2. The van der Waals surface area contributed by atoms with Crippen molar-refractivity contribution in [2.24, 2.45) is 0 Å². The highest BCUT2D eigenvalue weighted by Crippen LogP contribution is 1.94. The Hall–Kier alpha value is -1.16. The molecule has 1 N–H and O–H groups in total. The average Bonchev–Trinajstić information content (AvgIpc) is 2.22. The summed E-state index contributed by atoms with van der Waals surface area (Å²) in [6.07, 6.45) is 0.996. The van der Waals surface area contributed by atoms with Gasteiger partial charge in [-0.1, -0.05) is 13.8 Å². The van der Waals surface area contributed by atoms with E-state index in [1.807, 2.05) is 6.92 Å². The Morgan fingerprint density at radius 1 is 1.47 bits per heavy atom. The van der Waals surface area contributed by atoms with Crippen LogP contribution in [0.5, 0.6) is 0 Å². The second kappa shape index (κ2) is 5.66. The molecule has 1 aromatic heterocycles. The van der Waals surface area contributed by atoms with Crippen LogP contribution in [0.4, 0.5) is 0 Å². The lowest BCUT2D eigenvalue weighted by Gasteiger charge is -2.16. The Bertz CT molecular complexity index is 359. The van der Waals surface area contributed by atoms with E-state index >= 15 is 0 Å². The second-order valence-electron chi connectivity index (χ2n) is 3.66. The van der Waals surface area contributed by atoms with E-state index in [4.69, 9.17) is 0 Å². The van der Waals surface area contributed by atoms with Crippen molar-refractivity contribution >= 4 is 0 Å². The average molecular weight is 209 g/mol. The van der Waals surface area contributed by atoms with Crippen molar-refractivity contribution in [1.29, 1.82) is 0 Å². The Labute approximate surface area is 90.3 Å². The minimum absolute atomic E-state index is 0.0306. The SMILES string of the molecule is CCNC(CC)Cn1nc(C)ccc1=O. The lowest BCUT2D eigenvalue weighted by atomic mass is 10.2. The van der Waals surface area contributed by atoms with E-state index in [-0.39, 0.29) is 5.56 Å². The molecule has 4 heteroatoms. The van der Waals surface area contributed by atoms with Crippen LogP contribution in [0.2, 0.25) is 0 Å². The van der Waals surface area contributed by atoms with Gasteiger partial charge in [0.05, 0.1) is 12.2 Å². The topological polar surface area (TPSA) is 46.9 Å². The van der Waals surface area contributed by atoms with Crippen molar-refractivity contribution in [1.82, 2.24) is 15.1 Å². The van der Waals surface area contributed by atoms with Gasteiger partial charge in [-0.05, 0) is 26.0 Å². The van der Waals surface area contributed by atoms with Gasteiger partial charge in [-0.3, -0.25) is 4.79 Å². The molecule has 0 saturated carbocycles.